The minimum absolute atomic E-state index is 0.109. The van der Waals surface area contributed by atoms with Crippen LogP contribution in [0.1, 0.15) is 39.1 Å². The van der Waals surface area contributed by atoms with Gasteiger partial charge in [-0.3, -0.25) is 25.2 Å². The van der Waals surface area contributed by atoms with Crippen molar-refractivity contribution < 1.29 is 18.0 Å². The van der Waals surface area contributed by atoms with Gasteiger partial charge in [0.05, 0.1) is 11.4 Å². The Morgan fingerprint density at radius 1 is 0.824 bits per heavy atom. The Bertz CT molecular complexity index is 1350. The normalized spacial score (nSPS) is 14.0. The summed E-state index contributed by atoms with van der Waals surface area (Å²) in [6.07, 6.45) is 3.25. The van der Waals surface area contributed by atoms with E-state index in [1.807, 2.05) is 30.3 Å². The van der Waals surface area contributed by atoms with Gasteiger partial charge >= 0.3 is 0 Å². The number of sulfonamides is 1. The number of benzene rings is 2. The first-order chi connectivity index (χ1) is 16.4. The molecule has 2 N–H and O–H groups in total. The summed E-state index contributed by atoms with van der Waals surface area (Å²) in [7, 11) is -3.58. The average Bonchev–Trinajstić information content (AvgIpc) is 3.40. The van der Waals surface area contributed by atoms with Crippen molar-refractivity contribution in [1.82, 2.24) is 19.7 Å². The van der Waals surface area contributed by atoms with Gasteiger partial charge in [0.1, 0.15) is 5.56 Å². The Hall–Kier alpha value is -3.76. The van der Waals surface area contributed by atoms with Crippen LogP contribution in [0.2, 0.25) is 0 Å². The fraction of sp³-hybridized carbons (Fsp3) is 0.208. The summed E-state index contributed by atoms with van der Waals surface area (Å²) in [5.74, 6) is -1.40. The smallest absolute Gasteiger partial charge is 0.275 e. The lowest BCUT2D eigenvalue weighted by Gasteiger charge is -2.15. The van der Waals surface area contributed by atoms with Gasteiger partial charge in [-0.15, -0.1) is 0 Å². The fourth-order valence-electron chi connectivity index (χ4n) is 3.72. The summed E-state index contributed by atoms with van der Waals surface area (Å²) in [5.41, 5.74) is 4.96. The molecular formula is C24H24N4O5S. The molecule has 0 saturated carbocycles. The molecule has 1 aromatic heterocycles. The van der Waals surface area contributed by atoms with Crippen LogP contribution >= 0.6 is 0 Å². The van der Waals surface area contributed by atoms with Crippen molar-refractivity contribution in [2.24, 2.45) is 0 Å². The highest BCUT2D eigenvalue weighted by Gasteiger charge is 2.27. The predicted octanol–water partition coefficient (Wildman–Crippen LogP) is 1.76. The van der Waals surface area contributed by atoms with Crippen molar-refractivity contribution in [3.05, 3.63) is 100.0 Å². The molecular weight excluding hydrogens is 456 g/mol. The molecule has 4 rings (SSSR count). The van der Waals surface area contributed by atoms with Crippen molar-refractivity contribution in [2.45, 2.75) is 24.3 Å². The zero-order valence-corrected chi connectivity index (χ0v) is 19.1. The van der Waals surface area contributed by atoms with Crippen molar-refractivity contribution in [3.8, 4) is 0 Å². The number of rotatable bonds is 6. The summed E-state index contributed by atoms with van der Waals surface area (Å²) in [6.45, 7) is 1.28. The molecule has 0 atom stereocenters. The maximum atomic E-state index is 12.7. The van der Waals surface area contributed by atoms with Crippen LogP contribution in [0.5, 0.6) is 0 Å². The summed E-state index contributed by atoms with van der Waals surface area (Å²) in [6, 6.07) is 17.8. The first kappa shape index (κ1) is 23.4. The molecule has 0 aliphatic carbocycles. The molecule has 1 fully saturated rings. The van der Waals surface area contributed by atoms with E-state index in [4.69, 9.17) is 0 Å². The number of hydrazine groups is 1. The van der Waals surface area contributed by atoms with Gasteiger partial charge in [0.15, 0.2) is 0 Å². The molecule has 10 heteroatoms. The number of hydrogen-bond donors (Lipinski definition) is 2. The van der Waals surface area contributed by atoms with Crippen LogP contribution in [0.3, 0.4) is 0 Å². The highest BCUT2D eigenvalue weighted by Crippen LogP contribution is 2.21. The van der Waals surface area contributed by atoms with E-state index in [0.29, 0.717) is 19.6 Å². The van der Waals surface area contributed by atoms with Gasteiger partial charge in [-0.2, -0.15) is 4.31 Å². The Morgan fingerprint density at radius 2 is 1.47 bits per heavy atom. The highest BCUT2D eigenvalue weighted by molar-refractivity contribution is 7.89. The van der Waals surface area contributed by atoms with Crippen molar-refractivity contribution in [3.63, 3.8) is 0 Å². The van der Waals surface area contributed by atoms with Crippen LogP contribution in [0.4, 0.5) is 0 Å². The molecule has 2 amide bonds. The first-order valence-electron chi connectivity index (χ1n) is 10.8. The Balaban J connectivity index is 1.40. The summed E-state index contributed by atoms with van der Waals surface area (Å²) < 4.78 is 28.0. The number of hydrogen-bond acceptors (Lipinski definition) is 5. The lowest BCUT2D eigenvalue weighted by molar-refractivity contribution is 0.0845. The molecule has 0 bridgehead atoms. The van der Waals surface area contributed by atoms with Crippen LogP contribution in [-0.2, 0) is 16.6 Å². The second kappa shape index (κ2) is 10.0. The number of carbonyl (C=O) groups excluding carboxylic acids is 2. The fourth-order valence-corrected chi connectivity index (χ4v) is 5.24. The van der Waals surface area contributed by atoms with Gasteiger partial charge in [-0.25, -0.2) is 8.42 Å². The molecule has 2 heterocycles. The van der Waals surface area contributed by atoms with Crippen LogP contribution in [0.15, 0.2) is 82.6 Å². The molecule has 3 aromatic rings. The molecule has 1 saturated heterocycles. The van der Waals surface area contributed by atoms with Gasteiger partial charge in [0, 0.05) is 24.8 Å². The third kappa shape index (κ3) is 5.08. The SMILES string of the molecule is O=C(NNC(=O)c1cccn(Cc2ccccc2)c1=O)c1ccc(S(=O)(=O)N2CCCC2)cc1. The summed E-state index contributed by atoms with van der Waals surface area (Å²) in [5, 5.41) is 0. The minimum Gasteiger partial charge on any atom is -0.310 e. The molecule has 0 unspecified atom stereocenters. The third-order valence-electron chi connectivity index (χ3n) is 5.57. The Labute approximate surface area is 197 Å². The topological polar surface area (TPSA) is 118 Å². The van der Waals surface area contributed by atoms with Gasteiger partial charge in [-0.05, 0) is 54.8 Å². The second-order valence-corrected chi connectivity index (χ2v) is 9.82. The maximum absolute atomic E-state index is 12.7. The molecule has 0 radical (unpaired) electrons. The van der Waals surface area contributed by atoms with E-state index >= 15 is 0 Å². The Kier molecular flexibility index (Phi) is 6.90. The molecule has 1 aliphatic heterocycles. The second-order valence-electron chi connectivity index (χ2n) is 7.88. The van der Waals surface area contributed by atoms with Crippen LogP contribution in [0.25, 0.3) is 0 Å². The van der Waals surface area contributed by atoms with E-state index in [1.165, 1.54) is 39.2 Å². The van der Waals surface area contributed by atoms with Gasteiger partial charge in [0.2, 0.25) is 10.0 Å². The summed E-state index contributed by atoms with van der Waals surface area (Å²) in [4.78, 5) is 37.7. The van der Waals surface area contributed by atoms with Crippen molar-refractivity contribution in [1.29, 1.82) is 0 Å². The van der Waals surface area contributed by atoms with E-state index in [2.05, 4.69) is 10.9 Å². The number of nitrogens with one attached hydrogen (secondary N) is 2. The van der Waals surface area contributed by atoms with Crippen LogP contribution in [0, 0.1) is 0 Å². The lowest BCUT2D eigenvalue weighted by atomic mass is 10.2. The number of pyridine rings is 1. The maximum Gasteiger partial charge on any atom is 0.275 e. The molecule has 0 spiro atoms. The van der Waals surface area contributed by atoms with Crippen molar-refractivity contribution in [2.75, 3.05) is 13.1 Å². The van der Waals surface area contributed by atoms with E-state index < -0.39 is 27.4 Å². The zero-order chi connectivity index (χ0) is 24.1. The van der Waals surface area contributed by atoms with Gasteiger partial charge in [0.25, 0.3) is 17.4 Å². The zero-order valence-electron chi connectivity index (χ0n) is 18.3. The van der Waals surface area contributed by atoms with Crippen molar-refractivity contribution >= 4 is 21.8 Å². The number of amides is 2. The monoisotopic (exact) mass is 480 g/mol. The van der Waals surface area contributed by atoms with Crippen LogP contribution in [-0.4, -0.2) is 42.2 Å². The summed E-state index contributed by atoms with van der Waals surface area (Å²) >= 11 is 0. The van der Waals surface area contributed by atoms with Gasteiger partial charge in [-0.1, -0.05) is 30.3 Å². The quantitative estimate of drug-likeness (QED) is 0.522. The first-order valence-corrected chi connectivity index (χ1v) is 12.2. The molecule has 1 aliphatic rings. The predicted molar refractivity (Wildman–Crippen MR) is 126 cm³/mol. The molecule has 34 heavy (non-hydrogen) atoms. The van der Waals surface area contributed by atoms with E-state index in [9.17, 15) is 22.8 Å². The van der Waals surface area contributed by atoms with E-state index in [0.717, 1.165) is 18.4 Å². The number of nitrogens with zero attached hydrogens (tertiary/aromatic N) is 2. The molecule has 176 valence electrons. The Morgan fingerprint density at radius 3 is 2.15 bits per heavy atom. The standard InChI is InChI=1S/C24H24N4O5S/c29-22(19-10-12-20(13-11-19)34(32,33)28-15-4-5-16-28)25-26-23(30)21-9-6-14-27(24(21)31)17-18-7-2-1-3-8-18/h1-3,6-14H,4-5,15-17H2,(H,25,29)(H,26,30). The molecule has 9 nitrogen and oxygen atoms in total. The number of carbonyl (C=O) groups is 2. The lowest BCUT2D eigenvalue weighted by Crippen LogP contribution is -2.44. The highest BCUT2D eigenvalue weighted by atomic mass is 32.2. The third-order valence-corrected chi connectivity index (χ3v) is 7.48. The van der Waals surface area contributed by atoms with Gasteiger partial charge < -0.3 is 4.57 Å². The largest absolute Gasteiger partial charge is 0.310 e. The van der Waals surface area contributed by atoms with E-state index in [1.54, 1.807) is 12.3 Å². The minimum atomic E-state index is -3.58. The van der Waals surface area contributed by atoms with E-state index in [-0.39, 0.29) is 16.0 Å². The van der Waals surface area contributed by atoms with Crippen LogP contribution < -0.4 is 16.4 Å². The average molecular weight is 481 g/mol. The number of aromatic nitrogens is 1. The molecule has 2 aromatic carbocycles.